The fourth-order valence-corrected chi connectivity index (χ4v) is 2.37. The van der Waals surface area contributed by atoms with Gasteiger partial charge in [0.15, 0.2) is 0 Å². The molecule has 2 unspecified atom stereocenters. The predicted octanol–water partition coefficient (Wildman–Crippen LogP) is 3.85. The number of rotatable bonds is 2. The SMILES string of the molecule is [2H]C([2H])([2H])COC(=O)N1c2ccc(C(F)(F)F)cc2C(N)CC1C([2H])([2H])C([2H])([2H])[2H]. The topological polar surface area (TPSA) is 55.6 Å². The summed E-state index contributed by atoms with van der Waals surface area (Å²) in [5.74, 6) is 0. The zero-order chi connectivity index (χ0) is 23.3. The van der Waals surface area contributed by atoms with Gasteiger partial charge in [0.1, 0.15) is 0 Å². The zero-order valence-corrected chi connectivity index (χ0v) is 11.3. The van der Waals surface area contributed by atoms with Crippen LogP contribution in [0.1, 0.15) is 54.6 Å². The third-order valence-corrected chi connectivity index (χ3v) is 3.36. The van der Waals surface area contributed by atoms with E-state index < -0.39 is 63.0 Å². The van der Waals surface area contributed by atoms with E-state index in [1.807, 2.05) is 0 Å². The fourth-order valence-electron chi connectivity index (χ4n) is 2.37. The van der Waals surface area contributed by atoms with Crippen LogP contribution in [0.25, 0.3) is 0 Å². The highest BCUT2D eigenvalue weighted by Crippen LogP contribution is 2.40. The number of hydrogen-bond donors (Lipinski definition) is 1. The number of alkyl halides is 3. The molecule has 1 aromatic rings. The molecule has 0 spiro atoms. The number of benzene rings is 1. The van der Waals surface area contributed by atoms with Gasteiger partial charge in [-0.1, -0.05) is 6.85 Å². The fraction of sp³-hybridized carbons (Fsp3) is 0.533. The highest BCUT2D eigenvalue weighted by molar-refractivity contribution is 5.90. The summed E-state index contributed by atoms with van der Waals surface area (Å²) >= 11 is 0. The van der Waals surface area contributed by atoms with Crippen LogP contribution in [0.3, 0.4) is 0 Å². The molecule has 7 heteroatoms. The smallest absolute Gasteiger partial charge is 0.416 e. The Hall–Kier alpha value is -1.76. The van der Waals surface area contributed by atoms with Gasteiger partial charge in [0, 0.05) is 23.0 Å². The van der Waals surface area contributed by atoms with Crippen molar-refractivity contribution in [1.82, 2.24) is 0 Å². The van der Waals surface area contributed by atoms with Gasteiger partial charge in [0.25, 0.3) is 0 Å². The van der Waals surface area contributed by atoms with E-state index in [1.54, 1.807) is 0 Å². The van der Waals surface area contributed by atoms with E-state index in [1.165, 1.54) is 0 Å². The van der Waals surface area contributed by atoms with Crippen molar-refractivity contribution >= 4 is 11.8 Å². The summed E-state index contributed by atoms with van der Waals surface area (Å²) in [6.45, 7) is -6.97. The molecule has 0 aromatic heterocycles. The van der Waals surface area contributed by atoms with Crippen LogP contribution < -0.4 is 10.6 Å². The number of amides is 1. The van der Waals surface area contributed by atoms with Crippen LogP contribution in [0.5, 0.6) is 0 Å². The first-order valence-corrected chi connectivity index (χ1v) is 6.29. The lowest BCUT2D eigenvalue weighted by molar-refractivity contribution is -0.137. The molecular formula is C15H19F3N2O2. The van der Waals surface area contributed by atoms with Gasteiger partial charge in [-0.2, -0.15) is 13.2 Å². The molecule has 1 heterocycles. The highest BCUT2D eigenvalue weighted by atomic mass is 19.4. The minimum Gasteiger partial charge on any atom is -0.449 e. The molecule has 1 aliphatic heterocycles. The third-order valence-electron chi connectivity index (χ3n) is 3.36. The van der Waals surface area contributed by atoms with Gasteiger partial charge in [0.2, 0.25) is 0 Å². The Morgan fingerprint density at radius 1 is 1.55 bits per heavy atom. The molecule has 1 aliphatic rings. The number of halogens is 3. The third kappa shape index (κ3) is 3.04. The maximum absolute atomic E-state index is 13.1. The van der Waals surface area contributed by atoms with E-state index >= 15 is 0 Å². The minimum atomic E-state index is -4.72. The van der Waals surface area contributed by atoms with Gasteiger partial charge in [-0.25, -0.2) is 4.79 Å². The number of ether oxygens (including phenoxy) is 1. The molecule has 2 rings (SSSR count). The van der Waals surface area contributed by atoms with Gasteiger partial charge in [0.05, 0.1) is 17.9 Å². The highest BCUT2D eigenvalue weighted by Gasteiger charge is 2.37. The Balaban J connectivity index is 2.60. The van der Waals surface area contributed by atoms with Crippen molar-refractivity contribution in [2.24, 2.45) is 5.73 Å². The van der Waals surface area contributed by atoms with E-state index in [0.29, 0.717) is 17.0 Å². The van der Waals surface area contributed by atoms with E-state index in [0.717, 1.165) is 6.07 Å². The monoisotopic (exact) mass is 324 g/mol. The predicted molar refractivity (Wildman–Crippen MR) is 76.6 cm³/mol. The van der Waals surface area contributed by atoms with Crippen LogP contribution in [0.2, 0.25) is 0 Å². The average molecular weight is 324 g/mol. The van der Waals surface area contributed by atoms with Crippen molar-refractivity contribution in [1.29, 1.82) is 0 Å². The van der Waals surface area contributed by atoms with Crippen LogP contribution in [-0.4, -0.2) is 18.7 Å². The summed E-state index contributed by atoms with van der Waals surface area (Å²) in [7, 11) is 0. The summed E-state index contributed by atoms with van der Waals surface area (Å²) in [4.78, 5) is 13.2. The normalized spacial score (nSPS) is 28.6. The lowest BCUT2D eigenvalue weighted by Crippen LogP contribution is -2.46. The van der Waals surface area contributed by atoms with Crippen LogP contribution >= 0.6 is 0 Å². The van der Waals surface area contributed by atoms with Crippen LogP contribution in [0, 0.1) is 0 Å². The first-order valence-electron chi connectivity index (χ1n) is 10.3. The number of anilines is 1. The summed E-state index contributed by atoms with van der Waals surface area (Å²) in [6, 6.07) is -0.783. The van der Waals surface area contributed by atoms with Gasteiger partial charge in [-0.3, -0.25) is 4.90 Å². The number of hydrogen-bond acceptors (Lipinski definition) is 3. The standard InChI is InChI=1S/C15H19F3N2O2/c1-3-10-8-12(19)11-7-9(15(16,17)18)5-6-13(11)20(10)14(21)22-4-2/h5-7,10,12H,3-4,8,19H2,1-2H3/i1D3,2D3,3D2. The second kappa shape index (κ2) is 6.16. The molecule has 0 radical (unpaired) electrons. The molecule has 2 atom stereocenters. The van der Waals surface area contributed by atoms with Crippen LogP contribution in [-0.2, 0) is 10.9 Å². The molecule has 0 saturated heterocycles. The number of carbonyl (C=O) groups excluding carboxylic acids is 1. The molecule has 0 saturated carbocycles. The second-order valence-electron chi connectivity index (χ2n) is 4.70. The summed E-state index contributed by atoms with van der Waals surface area (Å²) in [6.07, 6.45) is -9.67. The summed E-state index contributed by atoms with van der Waals surface area (Å²) in [5.41, 5.74) is 4.39. The number of carbonyl (C=O) groups is 1. The van der Waals surface area contributed by atoms with E-state index in [9.17, 15) is 18.0 Å². The molecule has 2 N–H and O–H groups in total. The van der Waals surface area contributed by atoms with Gasteiger partial charge in [-0.15, -0.1) is 0 Å². The minimum absolute atomic E-state index is 0.173. The molecule has 0 bridgehead atoms. The maximum Gasteiger partial charge on any atom is 0.416 e. The van der Waals surface area contributed by atoms with E-state index in [4.69, 9.17) is 16.7 Å². The molecular weight excluding hydrogens is 297 g/mol. The van der Waals surface area contributed by atoms with Crippen molar-refractivity contribution in [3.63, 3.8) is 0 Å². The van der Waals surface area contributed by atoms with Crippen molar-refractivity contribution in [2.75, 3.05) is 11.5 Å². The second-order valence-corrected chi connectivity index (χ2v) is 4.70. The van der Waals surface area contributed by atoms with Crippen LogP contribution in [0.4, 0.5) is 23.7 Å². The first kappa shape index (κ1) is 8.76. The molecule has 1 aromatic carbocycles. The van der Waals surface area contributed by atoms with Crippen LogP contribution in [0.15, 0.2) is 18.2 Å². The molecule has 22 heavy (non-hydrogen) atoms. The van der Waals surface area contributed by atoms with Crippen molar-refractivity contribution in [2.45, 2.75) is 44.8 Å². The summed E-state index contributed by atoms with van der Waals surface area (Å²) in [5, 5.41) is 0. The van der Waals surface area contributed by atoms with Gasteiger partial charge >= 0.3 is 12.3 Å². The lowest BCUT2D eigenvalue weighted by atomic mass is 9.89. The Bertz CT molecular complexity index is 811. The van der Waals surface area contributed by atoms with Crippen molar-refractivity contribution < 1.29 is 33.7 Å². The Morgan fingerprint density at radius 3 is 2.95 bits per heavy atom. The molecule has 1 amide bonds. The molecule has 0 fully saturated rings. The lowest BCUT2D eigenvalue weighted by Gasteiger charge is -2.39. The van der Waals surface area contributed by atoms with Gasteiger partial charge < -0.3 is 10.5 Å². The first-order chi connectivity index (χ1) is 13.4. The van der Waals surface area contributed by atoms with E-state index in [2.05, 4.69) is 4.74 Å². The summed E-state index contributed by atoms with van der Waals surface area (Å²) < 4.78 is 104. The van der Waals surface area contributed by atoms with Crippen molar-refractivity contribution in [3.05, 3.63) is 29.3 Å². The molecule has 4 nitrogen and oxygen atoms in total. The number of nitrogens with two attached hydrogens (primary N) is 1. The largest absolute Gasteiger partial charge is 0.449 e. The van der Waals surface area contributed by atoms with Gasteiger partial charge in [-0.05, 0) is 43.4 Å². The Labute approximate surface area is 138 Å². The number of nitrogens with zero attached hydrogens (tertiary/aromatic N) is 1. The Morgan fingerprint density at radius 2 is 2.32 bits per heavy atom. The molecule has 122 valence electrons. The Kier molecular flexibility index (Phi) is 2.45. The van der Waals surface area contributed by atoms with E-state index in [-0.39, 0.29) is 11.3 Å². The molecule has 0 aliphatic carbocycles. The number of fused-ring (bicyclic) bond motifs is 1. The zero-order valence-electron chi connectivity index (χ0n) is 19.3. The quantitative estimate of drug-likeness (QED) is 0.899. The van der Waals surface area contributed by atoms with Crippen molar-refractivity contribution in [3.8, 4) is 0 Å². The average Bonchev–Trinajstić information content (AvgIpc) is 2.56. The maximum atomic E-state index is 13.1.